The number of hydrogen-bond acceptors (Lipinski definition) is 1. The van der Waals surface area contributed by atoms with Gasteiger partial charge < -0.3 is 4.98 Å². The Bertz CT molecular complexity index is 838. The van der Waals surface area contributed by atoms with Crippen LogP contribution in [0.1, 0.15) is 0 Å². The normalized spacial score (nSPS) is 11.1. The summed E-state index contributed by atoms with van der Waals surface area (Å²) in [5.74, 6) is 0. The lowest BCUT2D eigenvalue weighted by atomic mass is 10.3. The lowest BCUT2D eigenvalue weighted by molar-refractivity contribution is 1.06. The van der Waals surface area contributed by atoms with Crippen LogP contribution in [0, 0.1) is 11.9 Å². The lowest BCUT2D eigenvalue weighted by Crippen LogP contribution is -1.95. The second-order valence-corrected chi connectivity index (χ2v) is 7.31. The summed E-state index contributed by atoms with van der Waals surface area (Å²) >= 11 is 16.3. The van der Waals surface area contributed by atoms with Crippen LogP contribution in [0.2, 0.25) is 5.02 Å². The van der Waals surface area contributed by atoms with Crippen LogP contribution in [-0.4, -0.2) is 9.55 Å². The molecule has 0 saturated carbocycles. The summed E-state index contributed by atoms with van der Waals surface area (Å²) in [6.45, 7) is 0. The molecule has 0 fully saturated rings. The molecule has 0 saturated heterocycles. The topological polar surface area (TPSA) is 20.7 Å². The van der Waals surface area contributed by atoms with Crippen LogP contribution in [0.25, 0.3) is 16.7 Å². The van der Waals surface area contributed by atoms with Crippen molar-refractivity contribution in [3.63, 3.8) is 0 Å². The van der Waals surface area contributed by atoms with Gasteiger partial charge in [0.2, 0.25) is 0 Å². The summed E-state index contributed by atoms with van der Waals surface area (Å²) in [4.78, 5) is 3.22. The molecule has 1 N–H and O–H groups in total. The summed E-state index contributed by atoms with van der Waals surface area (Å²) in [5.41, 5.74) is 2.96. The highest BCUT2D eigenvalue weighted by molar-refractivity contribution is 14.1. The fourth-order valence-electron chi connectivity index (χ4n) is 1.99. The maximum absolute atomic E-state index is 6.34. The van der Waals surface area contributed by atoms with Crippen LogP contribution in [0.4, 0.5) is 0 Å². The van der Waals surface area contributed by atoms with Gasteiger partial charge in [0.1, 0.15) is 0 Å². The van der Waals surface area contributed by atoms with Crippen molar-refractivity contribution >= 4 is 80.0 Å². The highest BCUT2D eigenvalue weighted by Crippen LogP contribution is 2.27. The van der Waals surface area contributed by atoms with Gasteiger partial charge in [0, 0.05) is 7.14 Å². The Hall–Kier alpha value is -0.120. The minimum atomic E-state index is 0.653. The minimum absolute atomic E-state index is 0.653. The third kappa shape index (κ3) is 2.57. The van der Waals surface area contributed by atoms with Gasteiger partial charge in [-0.1, -0.05) is 11.6 Å². The molecule has 0 atom stereocenters. The molecule has 3 rings (SSSR count). The van der Waals surface area contributed by atoms with Crippen LogP contribution in [-0.2, 0) is 0 Å². The first-order chi connectivity index (χ1) is 9.06. The van der Waals surface area contributed by atoms with Gasteiger partial charge >= 0.3 is 0 Å². The van der Waals surface area contributed by atoms with E-state index >= 15 is 0 Å². The van der Waals surface area contributed by atoms with Crippen molar-refractivity contribution in [1.29, 1.82) is 0 Å². The molecule has 0 bridgehead atoms. The van der Waals surface area contributed by atoms with E-state index in [1.807, 2.05) is 22.8 Å². The fourth-order valence-corrected chi connectivity index (χ4v) is 3.72. The number of halogens is 3. The number of hydrogen-bond donors (Lipinski definition) is 1. The summed E-state index contributed by atoms with van der Waals surface area (Å²) in [6.07, 6.45) is 0. The van der Waals surface area contributed by atoms with Crippen LogP contribution >= 0.6 is 69.0 Å². The predicted octanol–water partition coefficient (Wildman–Crippen LogP) is 5.55. The molecule has 0 radical (unpaired) electrons. The standard InChI is InChI=1S/C13H7ClI2N2S/c14-9-5-7(15)1-3-11(9)18-12-4-2-8(16)6-10(12)17-13(18)19/h1-6H,(H,17,19). The van der Waals surface area contributed by atoms with Crippen LogP contribution in [0.15, 0.2) is 36.4 Å². The zero-order valence-electron chi connectivity index (χ0n) is 9.45. The Kier molecular flexibility index (Phi) is 3.89. The molecule has 0 spiro atoms. The van der Waals surface area contributed by atoms with Crippen molar-refractivity contribution < 1.29 is 0 Å². The number of aromatic nitrogens is 2. The lowest BCUT2D eigenvalue weighted by Gasteiger charge is -2.07. The first kappa shape index (κ1) is 13.8. The smallest absolute Gasteiger partial charge is 0.182 e. The summed E-state index contributed by atoms with van der Waals surface area (Å²) in [7, 11) is 0. The van der Waals surface area contributed by atoms with Gasteiger partial charge in [-0.15, -0.1) is 0 Å². The molecule has 0 unspecified atom stereocenters. The predicted molar refractivity (Wildman–Crippen MR) is 98.9 cm³/mol. The van der Waals surface area contributed by atoms with Gasteiger partial charge in [-0.2, -0.15) is 0 Å². The summed E-state index contributed by atoms with van der Waals surface area (Å²) in [6, 6.07) is 12.1. The van der Waals surface area contributed by atoms with E-state index in [4.69, 9.17) is 23.8 Å². The van der Waals surface area contributed by atoms with Crippen LogP contribution in [0.3, 0.4) is 0 Å². The molecule has 3 aromatic rings. The highest BCUT2D eigenvalue weighted by atomic mass is 127. The van der Waals surface area contributed by atoms with Gasteiger partial charge in [0.05, 0.1) is 21.7 Å². The van der Waals surface area contributed by atoms with Crippen molar-refractivity contribution in [1.82, 2.24) is 9.55 Å². The quantitative estimate of drug-likeness (QED) is 0.335. The second-order valence-electron chi connectivity index (χ2n) is 4.02. The molecule has 6 heteroatoms. The second kappa shape index (κ2) is 5.34. The molecular formula is C13H7ClI2N2S. The number of benzene rings is 2. The first-order valence-corrected chi connectivity index (χ1v) is 8.36. The maximum Gasteiger partial charge on any atom is 0.182 e. The zero-order chi connectivity index (χ0) is 13.6. The molecular weight excluding hydrogens is 505 g/mol. The zero-order valence-corrected chi connectivity index (χ0v) is 15.3. The van der Waals surface area contributed by atoms with Crippen molar-refractivity contribution in [2.75, 3.05) is 0 Å². The van der Waals surface area contributed by atoms with Crippen molar-refractivity contribution in [2.24, 2.45) is 0 Å². The Balaban J connectivity index is 2.36. The summed E-state index contributed by atoms with van der Waals surface area (Å²) in [5, 5.41) is 0.697. The van der Waals surface area contributed by atoms with E-state index in [1.54, 1.807) is 0 Å². The SMILES string of the molecule is S=c1[nH]c2cc(I)ccc2n1-c1ccc(I)cc1Cl. The molecule has 0 aliphatic heterocycles. The summed E-state index contributed by atoms with van der Waals surface area (Å²) < 4.78 is 4.90. The van der Waals surface area contributed by atoms with Gasteiger partial charge in [0.25, 0.3) is 0 Å². The molecule has 0 aliphatic rings. The third-order valence-corrected chi connectivity index (χ3v) is 4.72. The number of nitrogens with zero attached hydrogens (tertiary/aromatic N) is 1. The largest absolute Gasteiger partial charge is 0.330 e. The van der Waals surface area contributed by atoms with E-state index in [9.17, 15) is 0 Å². The van der Waals surface area contributed by atoms with E-state index in [0.29, 0.717) is 9.79 Å². The van der Waals surface area contributed by atoms with E-state index < -0.39 is 0 Å². The van der Waals surface area contributed by atoms with Crippen molar-refractivity contribution in [3.05, 3.63) is 53.3 Å². The molecule has 2 aromatic carbocycles. The van der Waals surface area contributed by atoms with Gasteiger partial charge in [-0.3, -0.25) is 4.57 Å². The monoisotopic (exact) mass is 512 g/mol. The first-order valence-electron chi connectivity index (χ1n) is 5.42. The maximum atomic E-state index is 6.34. The van der Waals surface area contributed by atoms with E-state index in [2.05, 4.69) is 68.4 Å². The number of rotatable bonds is 1. The number of aromatic amines is 1. The van der Waals surface area contributed by atoms with E-state index in [-0.39, 0.29) is 0 Å². The molecule has 2 nitrogen and oxygen atoms in total. The number of imidazole rings is 1. The molecule has 0 aliphatic carbocycles. The highest BCUT2D eigenvalue weighted by Gasteiger charge is 2.10. The average molecular weight is 513 g/mol. The molecule has 19 heavy (non-hydrogen) atoms. The molecule has 1 aromatic heterocycles. The minimum Gasteiger partial charge on any atom is -0.330 e. The Morgan fingerprint density at radius 2 is 1.74 bits per heavy atom. The molecule has 0 amide bonds. The number of fused-ring (bicyclic) bond motifs is 1. The van der Waals surface area contributed by atoms with Crippen LogP contribution in [0.5, 0.6) is 0 Å². The van der Waals surface area contributed by atoms with Crippen molar-refractivity contribution in [2.45, 2.75) is 0 Å². The average Bonchev–Trinajstić information content (AvgIpc) is 2.65. The van der Waals surface area contributed by atoms with Gasteiger partial charge in [-0.05, 0) is 93.8 Å². The molecule has 96 valence electrons. The number of H-pyrrole nitrogens is 1. The van der Waals surface area contributed by atoms with Gasteiger partial charge in [-0.25, -0.2) is 0 Å². The van der Waals surface area contributed by atoms with Crippen LogP contribution < -0.4 is 0 Å². The Morgan fingerprint density at radius 1 is 1.05 bits per heavy atom. The third-order valence-electron chi connectivity index (χ3n) is 2.79. The van der Waals surface area contributed by atoms with Gasteiger partial charge in [0.15, 0.2) is 4.77 Å². The van der Waals surface area contributed by atoms with E-state index in [1.165, 1.54) is 3.57 Å². The Morgan fingerprint density at radius 3 is 2.47 bits per heavy atom. The van der Waals surface area contributed by atoms with Crippen molar-refractivity contribution in [3.8, 4) is 5.69 Å². The molecule has 1 heterocycles. The number of nitrogens with one attached hydrogen (secondary N) is 1. The fraction of sp³-hybridized carbons (Fsp3) is 0. The van der Waals surface area contributed by atoms with E-state index in [0.717, 1.165) is 20.3 Å². The Labute approximate surface area is 147 Å².